The van der Waals surface area contributed by atoms with Gasteiger partial charge in [-0.3, -0.25) is 0 Å². The zero-order valence-electron chi connectivity index (χ0n) is 16.1. The number of hydrogen-bond donors (Lipinski definition) is 1. The molecule has 0 saturated heterocycles. The van der Waals surface area contributed by atoms with Gasteiger partial charge in [0.05, 0.1) is 0 Å². The van der Waals surface area contributed by atoms with Gasteiger partial charge in [0.15, 0.2) is 0 Å². The number of thioether (sulfide) groups is 1. The molecule has 1 aliphatic heterocycles. The van der Waals surface area contributed by atoms with Crippen molar-refractivity contribution in [2.75, 3.05) is 0 Å². The molecular formula is C19H22F3N3O2S. The maximum absolute atomic E-state index is 12.7. The van der Waals surface area contributed by atoms with Gasteiger partial charge in [-0.2, -0.15) is 18.2 Å². The molecule has 9 heteroatoms. The van der Waals surface area contributed by atoms with Gasteiger partial charge < -0.3 is 14.6 Å². The summed E-state index contributed by atoms with van der Waals surface area (Å²) >= 11 is 1.70. The van der Waals surface area contributed by atoms with Crippen molar-refractivity contribution in [3.05, 3.63) is 40.8 Å². The van der Waals surface area contributed by atoms with E-state index < -0.39 is 12.1 Å². The van der Waals surface area contributed by atoms with Crippen LogP contribution >= 0.6 is 11.8 Å². The number of aryl methyl sites for hydroxylation is 2. The van der Waals surface area contributed by atoms with Crippen molar-refractivity contribution in [2.24, 2.45) is 0 Å². The summed E-state index contributed by atoms with van der Waals surface area (Å²) in [5.41, 5.74) is 2.05. The molecule has 0 spiro atoms. The summed E-state index contributed by atoms with van der Waals surface area (Å²) in [4.78, 5) is 3.23. The Morgan fingerprint density at radius 2 is 1.93 bits per heavy atom. The van der Waals surface area contributed by atoms with Gasteiger partial charge in [-0.05, 0) is 55.4 Å². The van der Waals surface area contributed by atoms with Gasteiger partial charge in [0, 0.05) is 11.8 Å². The Morgan fingerprint density at radius 1 is 1.25 bits per heavy atom. The largest absolute Gasteiger partial charge is 0.487 e. The molecule has 0 amide bonds. The highest BCUT2D eigenvalue weighted by atomic mass is 32.2. The summed E-state index contributed by atoms with van der Waals surface area (Å²) in [6.45, 7) is 7.89. The fraction of sp³-hybridized carbons (Fsp3) is 0.474. The van der Waals surface area contributed by atoms with E-state index in [1.54, 1.807) is 23.9 Å². The second kappa shape index (κ2) is 7.69. The summed E-state index contributed by atoms with van der Waals surface area (Å²) < 4.78 is 48.9. The number of alkyl halides is 3. The molecule has 3 rings (SSSR count). The first-order chi connectivity index (χ1) is 13.2. The van der Waals surface area contributed by atoms with Gasteiger partial charge in [-0.25, -0.2) is 0 Å². The molecular weight excluding hydrogens is 391 g/mol. The van der Waals surface area contributed by atoms with Gasteiger partial charge in [-0.15, -0.1) is 11.8 Å². The van der Waals surface area contributed by atoms with Crippen molar-refractivity contribution in [1.29, 1.82) is 0 Å². The Balaban J connectivity index is 1.89. The van der Waals surface area contributed by atoms with Crippen molar-refractivity contribution >= 4 is 11.8 Å². The number of ether oxygens (including phenoxy) is 1. The zero-order chi connectivity index (χ0) is 20.5. The van der Waals surface area contributed by atoms with Crippen LogP contribution in [-0.2, 0) is 6.18 Å². The molecule has 1 aromatic heterocycles. The molecule has 0 aliphatic carbocycles. The number of hydrogen-bond acceptors (Lipinski definition) is 6. The van der Waals surface area contributed by atoms with Crippen molar-refractivity contribution in [3.63, 3.8) is 0 Å². The van der Waals surface area contributed by atoms with E-state index in [-0.39, 0.29) is 16.8 Å². The number of halogens is 3. The van der Waals surface area contributed by atoms with Crippen LogP contribution in [0.2, 0.25) is 0 Å². The lowest BCUT2D eigenvalue weighted by atomic mass is 10.0. The third-order valence-corrected chi connectivity index (χ3v) is 6.10. The Labute approximate surface area is 165 Å². The number of aromatic nitrogens is 2. The highest BCUT2D eigenvalue weighted by molar-refractivity contribution is 8.03. The minimum Gasteiger partial charge on any atom is -0.487 e. The van der Waals surface area contributed by atoms with Gasteiger partial charge in [0.2, 0.25) is 5.82 Å². The highest BCUT2D eigenvalue weighted by Gasteiger charge is 2.40. The summed E-state index contributed by atoms with van der Waals surface area (Å²) in [5, 5.41) is 8.88. The molecule has 1 N–H and O–H groups in total. The maximum Gasteiger partial charge on any atom is 0.471 e. The Hall–Kier alpha value is -2.16. The average Bonchev–Trinajstić information content (AvgIpc) is 3.31. The third-order valence-electron chi connectivity index (χ3n) is 4.74. The third kappa shape index (κ3) is 3.85. The standard InChI is InChI=1S/C19H22F3N3O2S/c1-5-14(18(6-2)23-7-8-28-18)26-15-11(3)9-13(10-12(15)4)16-24-17(27-25-16)19(20,21)22/h7-10,14,23H,5-6H2,1-4H3. The summed E-state index contributed by atoms with van der Waals surface area (Å²) in [6.07, 6.45) is -1.14. The van der Waals surface area contributed by atoms with Crippen molar-refractivity contribution in [3.8, 4) is 17.1 Å². The smallest absolute Gasteiger partial charge is 0.471 e. The van der Waals surface area contributed by atoms with Crippen molar-refractivity contribution < 1.29 is 22.4 Å². The molecule has 152 valence electrons. The molecule has 1 aliphatic rings. The van der Waals surface area contributed by atoms with E-state index in [1.165, 1.54) is 0 Å². The monoisotopic (exact) mass is 413 g/mol. The van der Waals surface area contributed by atoms with E-state index in [4.69, 9.17) is 4.74 Å². The molecule has 0 bridgehead atoms. The highest BCUT2D eigenvalue weighted by Crippen LogP contribution is 2.40. The summed E-state index contributed by atoms with van der Waals surface area (Å²) in [5.74, 6) is -0.734. The quantitative estimate of drug-likeness (QED) is 0.680. The predicted octanol–water partition coefficient (Wildman–Crippen LogP) is 5.44. The lowest BCUT2D eigenvalue weighted by Gasteiger charge is -2.36. The normalized spacial score (nSPS) is 20.2. The lowest BCUT2D eigenvalue weighted by Crippen LogP contribution is -2.49. The van der Waals surface area contributed by atoms with Gasteiger partial charge in [0.25, 0.3) is 0 Å². The van der Waals surface area contributed by atoms with Crippen LogP contribution in [0, 0.1) is 13.8 Å². The predicted molar refractivity (Wildman–Crippen MR) is 102 cm³/mol. The summed E-state index contributed by atoms with van der Waals surface area (Å²) in [7, 11) is 0. The molecule has 0 radical (unpaired) electrons. The van der Waals surface area contributed by atoms with E-state index in [2.05, 4.69) is 33.8 Å². The van der Waals surface area contributed by atoms with Crippen LogP contribution in [-0.4, -0.2) is 21.1 Å². The van der Waals surface area contributed by atoms with Crippen LogP contribution in [0.3, 0.4) is 0 Å². The van der Waals surface area contributed by atoms with E-state index in [0.29, 0.717) is 5.56 Å². The molecule has 0 fully saturated rings. The number of nitrogens with one attached hydrogen (secondary N) is 1. The zero-order valence-corrected chi connectivity index (χ0v) is 16.9. The topological polar surface area (TPSA) is 60.2 Å². The second-order valence-corrected chi connectivity index (χ2v) is 7.92. The fourth-order valence-electron chi connectivity index (χ4n) is 3.32. The SMILES string of the molecule is CCC(Oc1c(C)cc(-c2noc(C(F)(F)F)n2)cc1C)C1(CC)NC=CS1. The maximum atomic E-state index is 12.7. The number of rotatable bonds is 6. The number of benzene rings is 1. The molecule has 5 nitrogen and oxygen atoms in total. The Kier molecular flexibility index (Phi) is 5.65. The molecule has 2 unspecified atom stereocenters. The van der Waals surface area contributed by atoms with Crippen LogP contribution in [0.15, 0.2) is 28.3 Å². The Bertz CT molecular complexity index is 849. The molecule has 1 aromatic carbocycles. The van der Waals surface area contributed by atoms with Crippen LogP contribution in [0.4, 0.5) is 13.2 Å². The van der Waals surface area contributed by atoms with Crippen molar-refractivity contribution in [2.45, 2.75) is 57.7 Å². The van der Waals surface area contributed by atoms with Crippen LogP contribution < -0.4 is 10.1 Å². The first-order valence-electron chi connectivity index (χ1n) is 9.00. The van der Waals surface area contributed by atoms with Gasteiger partial charge >= 0.3 is 12.1 Å². The lowest BCUT2D eigenvalue weighted by molar-refractivity contribution is -0.159. The van der Waals surface area contributed by atoms with Crippen molar-refractivity contribution in [1.82, 2.24) is 15.5 Å². The van der Waals surface area contributed by atoms with E-state index >= 15 is 0 Å². The Morgan fingerprint density at radius 3 is 2.39 bits per heavy atom. The minimum atomic E-state index is -4.67. The molecule has 2 atom stereocenters. The van der Waals surface area contributed by atoms with E-state index in [1.807, 2.05) is 25.5 Å². The molecule has 2 aromatic rings. The molecule has 2 heterocycles. The minimum absolute atomic E-state index is 0.0808. The second-order valence-electron chi connectivity index (χ2n) is 6.68. The van der Waals surface area contributed by atoms with Gasteiger partial charge in [-0.1, -0.05) is 19.0 Å². The van der Waals surface area contributed by atoms with E-state index in [9.17, 15) is 13.2 Å². The summed E-state index contributed by atoms with van der Waals surface area (Å²) in [6, 6.07) is 3.43. The van der Waals surface area contributed by atoms with Crippen LogP contribution in [0.25, 0.3) is 11.4 Å². The first-order valence-corrected chi connectivity index (χ1v) is 9.88. The molecule has 0 saturated carbocycles. The van der Waals surface area contributed by atoms with Crippen LogP contribution in [0.5, 0.6) is 5.75 Å². The van der Waals surface area contributed by atoms with Gasteiger partial charge in [0.1, 0.15) is 16.7 Å². The average molecular weight is 413 g/mol. The number of nitrogens with zero attached hydrogens (tertiary/aromatic N) is 2. The molecule has 28 heavy (non-hydrogen) atoms. The first kappa shape index (κ1) is 20.6. The fourth-order valence-corrected chi connectivity index (χ4v) is 4.37. The van der Waals surface area contributed by atoms with E-state index in [0.717, 1.165) is 29.7 Å². The van der Waals surface area contributed by atoms with Crippen LogP contribution in [0.1, 0.15) is 43.7 Å².